The number of carbonyl (C=O) groups is 1. The van der Waals surface area contributed by atoms with Gasteiger partial charge in [0.25, 0.3) is 0 Å². The molecule has 2 heterocycles. The zero-order valence-corrected chi connectivity index (χ0v) is 18.9. The number of halogens is 1. The zero-order valence-electron chi connectivity index (χ0n) is 18.9. The second-order valence-electron chi connectivity index (χ2n) is 9.29. The van der Waals surface area contributed by atoms with E-state index < -0.39 is 0 Å². The van der Waals surface area contributed by atoms with E-state index in [2.05, 4.69) is 21.9 Å². The van der Waals surface area contributed by atoms with E-state index in [0.29, 0.717) is 6.54 Å². The molecule has 0 radical (unpaired) electrons. The van der Waals surface area contributed by atoms with Gasteiger partial charge in [0.15, 0.2) is 11.6 Å². The lowest BCUT2D eigenvalue weighted by atomic mass is 9.91. The van der Waals surface area contributed by atoms with Gasteiger partial charge in [0, 0.05) is 45.3 Å². The number of amides is 1. The van der Waals surface area contributed by atoms with Gasteiger partial charge in [-0.05, 0) is 53.6 Å². The van der Waals surface area contributed by atoms with Crippen LogP contribution in [0.15, 0.2) is 36.4 Å². The Labute approximate surface area is 189 Å². The first-order chi connectivity index (χ1) is 15.6. The Bertz CT molecular complexity index is 983. The molecule has 1 saturated carbocycles. The molecular formula is C26H32FN3O2. The van der Waals surface area contributed by atoms with Crippen molar-refractivity contribution in [2.45, 2.75) is 38.3 Å². The van der Waals surface area contributed by atoms with E-state index in [1.807, 2.05) is 17.0 Å². The van der Waals surface area contributed by atoms with Crippen LogP contribution in [0.1, 0.15) is 30.4 Å². The Kier molecular flexibility index (Phi) is 6.15. The van der Waals surface area contributed by atoms with Crippen LogP contribution in [0.3, 0.4) is 0 Å². The molecule has 3 aliphatic rings. The second-order valence-corrected chi connectivity index (χ2v) is 9.29. The number of carbonyl (C=O) groups excluding carboxylic acids is 1. The third-order valence-corrected chi connectivity index (χ3v) is 7.40. The fraction of sp³-hybridized carbons (Fsp3) is 0.500. The summed E-state index contributed by atoms with van der Waals surface area (Å²) in [6, 6.07) is 12.2. The van der Waals surface area contributed by atoms with Crippen molar-refractivity contribution in [2.24, 2.45) is 0 Å². The Morgan fingerprint density at radius 3 is 2.44 bits per heavy atom. The Hall–Kier alpha value is -2.44. The van der Waals surface area contributed by atoms with E-state index in [1.165, 1.54) is 43.6 Å². The number of rotatable bonds is 5. The van der Waals surface area contributed by atoms with E-state index in [9.17, 15) is 9.18 Å². The number of ether oxygens (including phenoxy) is 1. The van der Waals surface area contributed by atoms with Crippen molar-refractivity contribution in [3.05, 3.63) is 53.3 Å². The number of benzene rings is 2. The topological polar surface area (TPSA) is 36.0 Å². The van der Waals surface area contributed by atoms with Gasteiger partial charge in [0.2, 0.25) is 5.91 Å². The standard InChI is InChI=1S/C26H32FN3O2/c1-32-25-8-7-20(16-24(25)27)19-5-6-22-17-28(10-9-21(22)15-19)18-26(31)30-13-11-29(12-14-30)23-3-2-4-23/h5-8,15-16,23H,2-4,9-14,17-18H2,1H3. The Morgan fingerprint density at radius 1 is 1.00 bits per heavy atom. The molecule has 0 spiro atoms. The summed E-state index contributed by atoms with van der Waals surface area (Å²) in [7, 11) is 1.47. The van der Waals surface area contributed by atoms with Crippen LogP contribution in [0.2, 0.25) is 0 Å². The van der Waals surface area contributed by atoms with Crippen molar-refractivity contribution in [2.75, 3.05) is 46.4 Å². The molecule has 1 aliphatic carbocycles. The lowest BCUT2D eigenvalue weighted by Crippen LogP contribution is -2.55. The summed E-state index contributed by atoms with van der Waals surface area (Å²) in [6.07, 6.45) is 4.93. The second kappa shape index (κ2) is 9.20. The molecule has 5 nitrogen and oxygen atoms in total. The molecule has 1 amide bonds. The summed E-state index contributed by atoms with van der Waals surface area (Å²) in [5.74, 6) is 0.171. The molecule has 2 aromatic rings. The quantitative estimate of drug-likeness (QED) is 0.717. The molecule has 0 bridgehead atoms. The SMILES string of the molecule is COc1ccc(-c2ccc3c(c2)CCN(CC(=O)N2CCN(C4CCC4)CC2)C3)cc1F. The van der Waals surface area contributed by atoms with Gasteiger partial charge in [0.1, 0.15) is 0 Å². The highest BCUT2D eigenvalue weighted by molar-refractivity contribution is 5.78. The molecule has 32 heavy (non-hydrogen) atoms. The lowest BCUT2D eigenvalue weighted by molar-refractivity contribution is -0.135. The maximum atomic E-state index is 14.1. The first-order valence-electron chi connectivity index (χ1n) is 11.8. The molecular weight excluding hydrogens is 405 g/mol. The third kappa shape index (κ3) is 4.39. The van der Waals surface area contributed by atoms with Crippen molar-refractivity contribution < 1.29 is 13.9 Å². The van der Waals surface area contributed by atoms with Crippen LogP contribution < -0.4 is 4.74 Å². The van der Waals surface area contributed by atoms with E-state index in [-0.39, 0.29) is 17.5 Å². The Balaban J connectivity index is 1.18. The minimum absolute atomic E-state index is 0.257. The smallest absolute Gasteiger partial charge is 0.236 e. The molecule has 6 heteroatoms. The van der Waals surface area contributed by atoms with Crippen LogP contribution in [0.5, 0.6) is 5.75 Å². The number of nitrogens with zero attached hydrogens (tertiary/aromatic N) is 3. The molecule has 0 atom stereocenters. The van der Waals surface area contributed by atoms with Crippen molar-refractivity contribution >= 4 is 5.91 Å². The van der Waals surface area contributed by atoms with Crippen molar-refractivity contribution in [1.82, 2.24) is 14.7 Å². The average molecular weight is 438 g/mol. The van der Waals surface area contributed by atoms with Crippen LogP contribution >= 0.6 is 0 Å². The summed E-state index contributed by atoms with van der Waals surface area (Å²) >= 11 is 0. The number of hydrogen-bond acceptors (Lipinski definition) is 4. The van der Waals surface area contributed by atoms with Crippen LogP contribution in [-0.2, 0) is 17.8 Å². The van der Waals surface area contributed by atoms with Gasteiger partial charge < -0.3 is 9.64 Å². The number of piperazine rings is 1. The summed E-state index contributed by atoms with van der Waals surface area (Å²) in [6.45, 7) is 5.93. The van der Waals surface area contributed by atoms with Gasteiger partial charge in [-0.1, -0.05) is 30.7 Å². The summed E-state index contributed by atoms with van der Waals surface area (Å²) in [5.41, 5.74) is 4.41. The van der Waals surface area contributed by atoms with Crippen molar-refractivity contribution in [3.63, 3.8) is 0 Å². The molecule has 1 saturated heterocycles. The predicted octanol–water partition coefficient (Wildman–Crippen LogP) is 3.56. The van der Waals surface area contributed by atoms with E-state index in [1.54, 1.807) is 6.07 Å². The normalized spacial score (nSPS) is 20.0. The molecule has 2 fully saturated rings. The van der Waals surface area contributed by atoms with Crippen LogP contribution in [0.25, 0.3) is 11.1 Å². The van der Waals surface area contributed by atoms with Crippen molar-refractivity contribution in [1.29, 1.82) is 0 Å². The highest BCUT2D eigenvalue weighted by Crippen LogP contribution is 2.29. The Morgan fingerprint density at radius 2 is 1.75 bits per heavy atom. The van der Waals surface area contributed by atoms with Crippen LogP contribution in [0, 0.1) is 5.82 Å². The first kappa shape index (κ1) is 21.4. The van der Waals surface area contributed by atoms with Gasteiger partial charge >= 0.3 is 0 Å². The maximum Gasteiger partial charge on any atom is 0.236 e. The fourth-order valence-electron chi connectivity index (χ4n) is 5.15. The van der Waals surface area contributed by atoms with E-state index in [4.69, 9.17) is 4.74 Å². The monoisotopic (exact) mass is 437 g/mol. The summed E-state index contributed by atoms with van der Waals surface area (Å²) in [5, 5.41) is 0. The van der Waals surface area contributed by atoms with Gasteiger partial charge in [-0.2, -0.15) is 0 Å². The van der Waals surface area contributed by atoms with Crippen molar-refractivity contribution in [3.8, 4) is 16.9 Å². The highest BCUT2D eigenvalue weighted by atomic mass is 19.1. The summed E-state index contributed by atoms with van der Waals surface area (Å²) < 4.78 is 19.1. The van der Waals surface area contributed by atoms with Gasteiger partial charge in [-0.3, -0.25) is 14.6 Å². The number of methoxy groups -OCH3 is 1. The minimum atomic E-state index is -0.346. The lowest BCUT2D eigenvalue weighted by Gasteiger charge is -2.43. The van der Waals surface area contributed by atoms with E-state index in [0.717, 1.165) is 62.9 Å². The zero-order chi connectivity index (χ0) is 22.1. The van der Waals surface area contributed by atoms with Gasteiger partial charge in [0.05, 0.1) is 13.7 Å². The molecule has 170 valence electrons. The highest BCUT2D eigenvalue weighted by Gasteiger charge is 2.30. The number of hydrogen-bond donors (Lipinski definition) is 0. The van der Waals surface area contributed by atoms with Crippen LogP contribution in [-0.4, -0.2) is 73.0 Å². The average Bonchev–Trinajstić information content (AvgIpc) is 2.78. The molecule has 0 unspecified atom stereocenters. The summed E-state index contributed by atoms with van der Waals surface area (Å²) in [4.78, 5) is 19.8. The minimum Gasteiger partial charge on any atom is -0.494 e. The van der Waals surface area contributed by atoms with Crippen LogP contribution in [0.4, 0.5) is 4.39 Å². The molecule has 2 aliphatic heterocycles. The van der Waals surface area contributed by atoms with Gasteiger partial charge in [-0.25, -0.2) is 4.39 Å². The molecule has 5 rings (SSSR count). The molecule has 0 aromatic heterocycles. The molecule has 2 aromatic carbocycles. The van der Waals surface area contributed by atoms with E-state index >= 15 is 0 Å². The fourth-order valence-corrected chi connectivity index (χ4v) is 5.15. The largest absolute Gasteiger partial charge is 0.494 e. The van der Waals surface area contributed by atoms with Gasteiger partial charge in [-0.15, -0.1) is 0 Å². The predicted molar refractivity (Wildman–Crippen MR) is 123 cm³/mol. The first-order valence-corrected chi connectivity index (χ1v) is 11.8. The maximum absolute atomic E-state index is 14.1. The molecule has 0 N–H and O–H groups in total. The number of fused-ring (bicyclic) bond motifs is 1. The third-order valence-electron chi connectivity index (χ3n) is 7.40.